The molecule has 0 aliphatic rings. The Kier molecular flexibility index (Phi) is 1.75. The standard InChI is InChI=1S/C5H3IO3/c6-3-1-2-9-5(8)4(3)7/h1-2,7H. The first-order chi connectivity index (χ1) is 4.22. The highest BCUT2D eigenvalue weighted by Crippen LogP contribution is 2.11. The Balaban J connectivity index is 3.43. The van der Waals surface area contributed by atoms with Crippen LogP contribution in [0.3, 0.4) is 0 Å². The molecule has 0 aromatic carbocycles. The van der Waals surface area contributed by atoms with Gasteiger partial charge in [0.15, 0.2) is 0 Å². The summed E-state index contributed by atoms with van der Waals surface area (Å²) in [6.45, 7) is 0. The van der Waals surface area contributed by atoms with Crippen LogP contribution in [-0.4, -0.2) is 5.11 Å². The predicted octanol–water partition coefficient (Wildman–Crippen LogP) is 0.950. The molecule has 48 valence electrons. The zero-order valence-electron chi connectivity index (χ0n) is 4.30. The summed E-state index contributed by atoms with van der Waals surface area (Å²) in [7, 11) is 0. The van der Waals surface area contributed by atoms with Crippen molar-refractivity contribution >= 4 is 22.6 Å². The predicted molar refractivity (Wildman–Crippen MR) is 39.4 cm³/mol. The van der Waals surface area contributed by atoms with E-state index in [1.807, 2.05) is 22.6 Å². The van der Waals surface area contributed by atoms with Crippen LogP contribution in [-0.2, 0) is 0 Å². The first kappa shape index (κ1) is 6.60. The van der Waals surface area contributed by atoms with Crippen LogP contribution in [0, 0.1) is 3.57 Å². The lowest BCUT2D eigenvalue weighted by Gasteiger charge is -1.88. The SMILES string of the molecule is O=c1occc(I)c1O. The largest absolute Gasteiger partial charge is 0.501 e. The third-order valence-corrected chi connectivity index (χ3v) is 1.68. The minimum Gasteiger partial charge on any atom is -0.501 e. The molecule has 0 aliphatic carbocycles. The fraction of sp³-hybridized carbons (Fsp3) is 0. The van der Waals surface area contributed by atoms with Crippen molar-refractivity contribution in [1.29, 1.82) is 0 Å². The normalized spacial score (nSPS) is 9.44. The van der Waals surface area contributed by atoms with Crippen molar-refractivity contribution in [1.82, 2.24) is 0 Å². The van der Waals surface area contributed by atoms with E-state index in [0.717, 1.165) is 0 Å². The van der Waals surface area contributed by atoms with Crippen LogP contribution in [0.2, 0.25) is 0 Å². The Morgan fingerprint density at radius 1 is 1.67 bits per heavy atom. The van der Waals surface area contributed by atoms with E-state index in [2.05, 4.69) is 4.42 Å². The lowest BCUT2D eigenvalue weighted by Crippen LogP contribution is -1.97. The molecule has 3 nitrogen and oxygen atoms in total. The average Bonchev–Trinajstić information content (AvgIpc) is 1.83. The molecule has 0 amide bonds. The van der Waals surface area contributed by atoms with Crippen molar-refractivity contribution in [2.75, 3.05) is 0 Å². The number of rotatable bonds is 0. The summed E-state index contributed by atoms with van der Waals surface area (Å²) < 4.78 is 4.83. The number of hydrogen-bond donors (Lipinski definition) is 1. The average molecular weight is 238 g/mol. The maximum absolute atomic E-state index is 10.4. The molecule has 0 bridgehead atoms. The topological polar surface area (TPSA) is 50.4 Å². The maximum atomic E-state index is 10.4. The van der Waals surface area contributed by atoms with Gasteiger partial charge >= 0.3 is 5.63 Å². The van der Waals surface area contributed by atoms with Crippen molar-refractivity contribution in [2.45, 2.75) is 0 Å². The molecule has 1 aromatic rings. The summed E-state index contributed by atoms with van der Waals surface area (Å²) in [5.41, 5.74) is -0.693. The van der Waals surface area contributed by atoms with Crippen LogP contribution >= 0.6 is 22.6 Å². The van der Waals surface area contributed by atoms with Crippen molar-refractivity contribution < 1.29 is 9.52 Å². The molecule has 0 aliphatic heterocycles. The van der Waals surface area contributed by atoms with Gasteiger partial charge in [0.2, 0.25) is 5.75 Å². The molecule has 4 heteroatoms. The summed E-state index contributed by atoms with van der Waals surface area (Å²) in [5, 5.41) is 8.79. The van der Waals surface area contributed by atoms with Gasteiger partial charge in [-0.15, -0.1) is 0 Å². The number of aromatic hydroxyl groups is 1. The fourth-order valence-corrected chi connectivity index (χ4v) is 0.755. The Morgan fingerprint density at radius 2 is 2.33 bits per heavy atom. The third kappa shape index (κ3) is 1.24. The van der Waals surface area contributed by atoms with Crippen LogP contribution in [0.25, 0.3) is 0 Å². The number of halogens is 1. The monoisotopic (exact) mass is 238 g/mol. The zero-order valence-corrected chi connectivity index (χ0v) is 6.45. The molecule has 1 heterocycles. The van der Waals surface area contributed by atoms with Crippen molar-refractivity contribution in [3.63, 3.8) is 0 Å². The molecule has 0 fully saturated rings. The van der Waals surface area contributed by atoms with Gasteiger partial charge in [-0.25, -0.2) is 4.79 Å². The van der Waals surface area contributed by atoms with Gasteiger partial charge in [-0.05, 0) is 28.7 Å². The van der Waals surface area contributed by atoms with E-state index in [-0.39, 0.29) is 5.75 Å². The van der Waals surface area contributed by atoms with E-state index >= 15 is 0 Å². The van der Waals surface area contributed by atoms with Crippen LogP contribution in [0.15, 0.2) is 21.5 Å². The molecule has 1 N–H and O–H groups in total. The lowest BCUT2D eigenvalue weighted by atomic mass is 10.5. The summed E-state index contributed by atoms with van der Waals surface area (Å²) in [6.07, 6.45) is 1.24. The summed E-state index contributed by atoms with van der Waals surface area (Å²) in [6, 6.07) is 1.51. The van der Waals surface area contributed by atoms with Gasteiger partial charge in [-0.3, -0.25) is 0 Å². The van der Waals surface area contributed by atoms with E-state index in [1.165, 1.54) is 12.3 Å². The van der Waals surface area contributed by atoms with Gasteiger partial charge < -0.3 is 9.52 Å². The molecule has 1 aromatic heterocycles. The van der Waals surface area contributed by atoms with E-state index in [9.17, 15) is 4.79 Å². The Morgan fingerprint density at radius 3 is 2.78 bits per heavy atom. The molecule has 0 radical (unpaired) electrons. The van der Waals surface area contributed by atoms with Crippen molar-refractivity contribution in [3.8, 4) is 5.75 Å². The van der Waals surface area contributed by atoms with E-state index in [4.69, 9.17) is 5.11 Å². The van der Waals surface area contributed by atoms with Crippen molar-refractivity contribution in [2.24, 2.45) is 0 Å². The van der Waals surface area contributed by atoms with E-state index < -0.39 is 5.63 Å². The highest BCUT2D eigenvalue weighted by atomic mass is 127. The Hall–Kier alpha value is -0.520. The smallest absolute Gasteiger partial charge is 0.379 e. The van der Waals surface area contributed by atoms with Gasteiger partial charge in [0.05, 0.1) is 9.83 Å². The molecule has 9 heavy (non-hydrogen) atoms. The highest BCUT2D eigenvalue weighted by molar-refractivity contribution is 14.1. The highest BCUT2D eigenvalue weighted by Gasteiger charge is 2.00. The minimum atomic E-state index is -0.693. The zero-order chi connectivity index (χ0) is 6.85. The molecule has 0 saturated heterocycles. The number of hydrogen-bond acceptors (Lipinski definition) is 3. The molecule has 0 spiro atoms. The molecule has 0 saturated carbocycles. The molecular formula is C5H3IO3. The summed E-state index contributed by atoms with van der Waals surface area (Å²) >= 11 is 1.84. The third-order valence-electron chi connectivity index (χ3n) is 0.809. The summed E-state index contributed by atoms with van der Waals surface area (Å²) in [5.74, 6) is -0.321. The van der Waals surface area contributed by atoms with E-state index in [1.54, 1.807) is 0 Å². The maximum Gasteiger partial charge on any atom is 0.379 e. The lowest BCUT2D eigenvalue weighted by molar-refractivity contribution is 0.408. The quantitative estimate of drug-likeness (QED) is 0.684. The minimum absolute atomic E-state index is 0.321. The van der Waals surface area contributed by atoms with Crippen LogP contribution in [0.1, 0.15) is 0 Å². The first-order valence-corrected chi connectivity index (χ1v) is 3.26. The van der Waals surface area contributed by atoms with Gasteiger partial charge in [0.25, 0.3) is 0 Å². The molecular weight excluding hydrogens is 235 g/mol. The van der Waals surface area contributed by atoms with Gasteiger partial charge in [0.1, 0.15) is 0 Å². The molecule has 0 atom stereocenters. The fourth-order valence-electron chi connectivity index (χ4n) is 0.388. The second-order valence-electron chi connectivity index (χ2n) is 1.40. The second-order valence-corrected chi connectivity index (χ2v) is 2.57. The summed E-state index contributed by atoms with van der Waals surface area (Å²) in [4.78, 5) is 10.4. The van der Waals surface area contributed by atoms with Crippen LogP contribution < -0.4 is 5.63 Å². The van der Waals surface area contributed by atoms with Crippen LogP contribution in [0.4, 0.5) is 0 Å². The van der Waals surface area contributed by atoms with Gasteiger partial charge in [0, 0.05) is 0 Å². The van der Waals surface area contributed by atoms with Gasteiger partial charge in [-0.2, -0.15) is 0 Å². The first-order valence-electron chi connectivity index (χ1n) is 2.18. The van der Waals surface area contributed by atoms with E-state index in [0.29, 0.717) is 3.57 Å². The van der Waals surface area contributed by atoms with Crippen LogP contribution in [0.5, 0.6) is 5.75 Å². The Labute approximate surface area is 64.5 Å². The second kappa shape index (κ2) is 2.38. The van der Waals surface area contributed by atoms with Crippen molar-refractivity contribution in [3.05, 3.63) is 26.3 Å². The Bertz CT molecular complexity index is 265. The molecule has 0 unspecified atom stereocenters. The van der Waals surface area contributed by atoms with Gasteiger partial charge in [-0.1, -0.05) is 0 Å². The molecule has 1 rings (SSSR count).